The van der Waals surface area contributed by atoms with Gasteiger partial charge in [0.1, 0.15) is 13.2 Å². The van der Waals surface area contributed by atoms with E-state index in [4.69, 9.17) is 14.2 Å². The Morgan fingerprint density at radius 2 is 0.481 bits per heavy atom. The summed E-state index contributed by atoms with van der Waals surface area (Å²) in [5.41, 5.74) is 0. The molecule has 0 aromatic rings. The lowest BCUT2D eigenvalue weighted by molar-refractivity contribution is -0.167. The molecule has 1 unspecified atom stereocenters. The molecular weight excluding hydrogens is 997 g/mol. The molecule has 0 aliphatic heterocycles. The zero-order valence-corrected chi connectivity index (χ0v) is 53.0. The smallest absolute Gasteiger partial charge is 0.306 e. The van der Waals surface area contributed by atoms with Crippen LogP contribution in [0.2, 0.25) is 0 Å². The number of unbranched alkanes of at least 4 members (excludes halogenated alkanes) is 30. The maximum atomic E-state index is 13.0. The molecule has 0 N–H and O–H groups in total. The van der Waals surface area contributed by atoms with E-state index in [1.54, 1.807) is 0 Å². The molecule has 462 valence electrons. The zero-order chi connectivity index (χ0) is 58.5. The number of ether oxygens (including phenoxy) is 3. The van der Waals surface area contributed by atoms with Crippen molar-refractivity contribution in [3.05, 3.63) is 122 Å². The lowest BCUT2D eigenvalue weighted by Crippen LogP contribution is -2.30. The Labute approximate surface area is 501 Å². The average molecular weight is 1120 g/mol. The SMILES string of the molecule is CC/C=C\C/C=C\C/C=C\C/C=C\C/C=C\C/C=C\CCCCCCC(=O)OCC(COC(=O)CCCCCCCCCCC/C=C\C/C=C\CCCCC)OC(=O)CCCCCCCCCCC/C=C\C/C=C\CCCCCCC. The highest BCUT2D eigenvalue weighted by molar-refractivity contribution is 5.71. The van der Waals surface area contributed by atoms with Gasteiger partial charge >= 0.3 is 17.9 Å². The van der Waals surface area contributed by atoms with Crippen LogP contribution in [0.5, 0.6) is 0 Å². The summed E-state index contributed by atoms with van der Waals surface area (Å²) in [7, 11) is 0. The van der Waals surface area contributed by atoms with Crippen LogP contribution in [-0.2, 0) is 28.6 Å². The van der Waals surface area contributed by atoms with Gasteiger partial charge in [-0.3, -0.25) is 14.4 Å². The van der Waals surface area contributed by atoms with E-state index >= 15 is 0 Å². The van der Waals surface area contributed by atoms with Gasteiger partial charge in [-0.1, -0.05) is 284 Å². The Morgan fingerprint density at radius 3 is 0.778 bits per heavy atom. The Balaban J connectivity index is 4.46. The van der Waals surface area contributed by atoms with Crippen LogP contribution in [-0.4, -0.2) is 37.2 Å². The van der Waals surface area contributed by atoms with Crippen molar-refractivity contribution in [3.8, 4) is 0 Å². The van der Waals surface area contributed by atoms with Gasteiger partial charge in [0.05, 0.1) is 0 Å². The van der Waals surface area contributed by atoms with Crippen LogP contribution >= 0.6 is 0 Å². The largest absolute Gasteiger partial charge is 0.462 e. The van der Waals surface area contributed by atoms with Crippen LogP contribution in [0, 0.1) is 0 Å². The number of esters is 3. The summed E-state index contributed by atoms with van der Waals surface area (Å²) < 4.78 is 17.0. The molecule has 6 heteroatoms. The maximum absolute atomic E-state index is 13.0. The second kappa shape index (κ2) is 68.3. The first kappa shape index (κ1) is 76.8. The maximum Gasteiger partial charge on any atom is 0.306 e. The lowest BCUT2D eigenvalue weighted by atomic mass is 10.1. The molecule has 0 saturated heterocycles. The Bertz CT molecular complexity index is 1670. The second-order valence-corrected chi connectivity index (χ2v) is 22.3. The predicted molar refractivity (Wildman–Crippen MR) is 353 cm³/mol. The summed E-state index contributed by atoms with van der Waals surface area (Å²) in [6.07, 6.45) is 94.8. The first-order valence-electron chi connectivity index (χ1n) is 34.0. The van der Waals surface area contributed by atoms with Gasteiger partial charge in [0, 0.05) is 19.3 Å². The fraction of sp³-hybridized carbons (Fsp3) is 0.693. The van der Waals surface area contributed by atoms with E-state index in [9.17, 15) is 14.4 Å². The molecule has 81 heavy (non-hydrogen) atoms. The molecule has 0 spiro atoms. The van der Waals surface area contributed by atoms with E-state index in [2.05, 4.69) is 142 Å². The molecule has 0 bridgehead atoms. The number of hydrogen-bond acceptors (Lipinski definition) is 6. The topological polar surface area (TPSA) is 78.9 Å². The van der Waals surface area contributed by atoms with Crippen LogP contribution in [0.15, 0.2) is 122 Å². The first-order valence-corrected chi connectivity index (χ1v) is 34.0. The van der Waals surface area contributed by atoms with Crippen molar-refractivity contribution in [2.24, 2.45) is 0 Å². The summed E-state index contributed by atoms with van der Waals surface area (Å²) in [6.45, 7) is 6.49. The molecule has 0 rings (SSSR count). The summed E-state index contributed by atoms with van der Waals surface area (Å²) in [5.74, 6) is -0.917. The Hall–Kier alpha value is -4.19. The molecule has 0 aromatic heterocycles. The highest BCUT2D eigenvalue weighted by atomic mass is 16.6. The average Bonchev–Trinajstić information content (AvgIpc) is 3.47. The molecule has 0 aromatic carbocycles. The van der Waals surface area contributed by atoms with Crippen molar-refractivity contribution in [1.82, 2.24) is 0 Å². The molecule has 1 atom stereocenters. The third-order valence-corrected chi connectivity index (χ3v) is 14.4. The van der Waals surface area contributed by atoms with Crippen molar-refractivity contribution < 1.29 is 28.6 Å². The molecular formula is C75H126O6. The van der Waals surface area contributed by atoms with Crippen LogP contribution < -0.4 is 0 Å². The predicted octanol–water partition coefficient (Wildman–Crippen LogP) is 23.6. The molecule has 0 amide bonds. The molecule has 0 aliphatic carbocycles. The number of allylic oxidation sites excluding steroid dienone is 20. The van der Waals surface area contributed by atoms with E-state index < -0.39 is 6.10 Å². The summed E-state index contributed by atoms with van der Waals surface area (Å²) >= 11 is 0. The van der Waals surface area contributed by atoms with Crippen molar-refractivity contribution in [2.75, 3.05) is 13.2 Å². The van der Waals surface area contributed by atoms with Crippen LogP contribution in [0.3, 0.4) is 0 Å². The van der Waals surface area contributed by atoms with Crippen LogP contribution in [0.1, 0.15) is 316 Å². The van der Waals surface area contributed by atoms with E-state index in [1.807, 2.05) is 0 Å². The number of carbonyl (C=O) groups excluding carboxylic acids is 3. The fourth-order valence-electron chi connectivity index (χ4n) is 9.33. The number of rotatable bonds is 61. The van der Waals surface area contributed by atoms with E-state index in [-0.39, 0.29) is 31.1 Å². The van der Waals surface area contributed by atoms with Gasteiger partial charge in [-0.15, -0.1) is 0 Å². The minimum atomic E-state index is -0.799. The fourth-order valence-corrected chi connectivity index (χ4v) is 9.33. The number of hydrogen-bond donors (Lipinski definition) is 0. The zero-order valence-electron chi connectivity index (χ0n) is 53.0. The van der Waals surface area contributed by atoms with Gasteiger partial charge in [-0.2, -0.15) is 0 Å². The van der Waals surface area contributed by atoms with E-state index in [0.717, 1.165) is 122 Å². The standard InChI is InChI=1S/C75H126O6/c1-4-7-10-13-16-19-22-25-28-31-34-36-37-39-41-44-47-50-53-56-59-62-65-68-74(77)80-71-72(70-79-73(76)67-64-61-58-55-52-49-46-43-40-33-30-27-24-21-18-15-12-9-6-3)81-75(78)69-66-63-60-57-54-51-48-45-42-38-35-32-29-26-23-20-17-14-11-8-5-2/h7,10,16,18-19,21,23,25-28,30,32,34-36,39,41,47,50,72H,4-6,8-9,11-15,17,20,22,24,29,31,33,37-38,40,42-46,48-49,51-71H2,1-3H3/b10-7-,19-16-,21-18-,26-23-,28-25-,30-27-,35-32-,36-34-,41-39-,50-47-. The Morgan fingerprint density at radius 1 is 0.259 bits per heavy atom. The normalized spacial score (nSPS) is 12.9. The highest BCUT2D eigenvalue weighted by Crippen LogP contribution is 2.16. The van der Waals surface area contributed by atoms with Crippen molar-refractivity contribution >= 4 is 17.9 Å². The molecule has 0 aliphatic rings. The molecule has 0 radical (unpaired) electrons. The Kier molecular flexibility index (Phi) is 64.8. The molecule has 0 fully saturated rings. The van der Waals surface area contributed by atoms with Crippen LogP contribution in [0.4, 0.5) is 0 Å². The third kappa shape index (κ3) is 66.5. The third-order valence-electron chi connectivity index (χ3n) is 14.4. The van der Waals surface area contributed by atoms with Gasteiger partial charge in [0.15, 0.2) is 6.10 Å². The summed E-state index contributed by atoms with van der Waals surface area (Å²) in [4.78, 5) is 38.5. The monoisotopic (exact) mass is 1120 g/mol. The van der Waals surface area contributed by atoms with Gasteiger partial charge in [-0.25, -0.2) is 0 Å². The van der Waals surface area contributed by atoms with Gasteiger partial charge in [-0.05, 0) is 135 Å². The van der Waals surface area contributed by atoms with Gasteiger partial charge in [0.2, 0.25) is 0 Å². The highest BCUT2D eigenvalue weighted by Gasteiger charge is 2.19. The minimum absolute atomic E-state index is 0.0919. The van der Waals surface area contributed by atoms with Crippen molar-refractivity contribution in [3.63, 3.8) is 0 Å². The second-order valence-electron chi connectivity index (χ2n) is 22.3. The van der Waals surface area contributed by atoms with Crippen molar-refractivity contribution in [1.29, 1.82) is 0 Å². The van der Waals surface area contributed by atoms with Crippen LogP contribution in [0.25, 0.3) is 0 Å². The quantitative estimate of drug-likeness (QED) is 0.0261. The van der Waals surface area contributed by atoms with Crippen molar-refractivity contribution in [2.45, 2.75) is 322 Å². The summed E-state index contributed by atoms with van der Waals surface area (Å²) in [6, 6.07) is 0. The first-order chi connectivity index (χ1) is 40.0. The van der Waals surface area contributed by atoms with Gasteiger partial charge in [0.25, 0.3) is 0 Å². The molecule has 0 heterocycles. The lowest BCUT2D eigenvalue weighted by Gasteiger charge is -2.18. The summed E-state index contributed by atoms with van der Waals surface area (Å²) in [5, 5.41) is 0. The van der Waals surface area contributed by atoms with E-state index in [1.165, 1.54) is 154 Å². The molecule has 6 nitrogen and oxygen atoms in total. The number of carbonyl (C=O) groups is 3. The molecule has 0 saturated carbocycles. The van der Waals surface area contributed by atoms with Gasteiger partial charge < -0.3 is 14.2 Å². The van der Waals surface area contributed by atoms with E-state index in [0.29, 0.717) is 19.3 Å². The minimum Gasteiger partial charge on any atom is -0.462 e.